The summed E-state index contributed by atoms with van der Waals surface area (Å²) in [5.74, 6) is -0.00587. The molecule has 1 aromatic carbocycles. The summed E-state index contributed by atoms with van der Waals surface area (Å²) in [6.07, 6.45) is 3.84. The molecule has 5 heteroatoms. The van der Waals surface area contributed by atoms with E-state index < -0.39 is 0 Å². The molecule has 4 atom stereocenters. The molecule has 0 aliphatic carbocycles. The minimum absolute atomic E-state index is 0.0408. The maximum Gasteiger partial charge on any atom is 0.147 e. The normalized spacial score (nSPS) is 30.8. The van der Waals surface area contributed by atoms with Crippen molar-refractivity contribution in [1.29, 1.82) is 0 Å². The van der Waals surface area contributed by atoms with Crippen LogP contribution in [0.25, 0.3) is 0 Å². The second kappa shape index (κ2) is 5.32. The average Bonchev–Trinajstić information content (AvgIpc) is 3.02. The summed E-state index contributed by atoms with van der Waals surface area (Å²) in [5.41, 5.74) is 0.636. The van der Waals surface area contributed by atoms with Gasteiger partial charge in [0.05, 0.1) is 17.2 Å². The topological polar surface area (TPSA) is 21.3 Å². The molecule has 4 unspecified atom stereocenters. The van der Waals surface area contributed by atoms with Crippen LogP contribution in [0.2, 0.25) is 5.02 Å². The van der Waals surface area contributed by atoms with E-state index in [0.29, 0.717) is 22.1 Å². The zero-order chi connectivity index (χ0) is 13.6. The fourth-order valence-electron chi connectivity index (χ4n) is 3.41. The van der Waals surface area contributed by atoms with Gasteiger partial charge in [0.25, 0.3) is 0 Å². The van der Waals surface area contributed by atoms with Gasteiger partial charge in [-0.3, -0.25) is 0 Å². The van der Waals surface area contributed by atoms with Crippen LogP contribution in [0.5, 0.6) is 0 Å². The molecule has 3 rings (SSSR count). The first-order valence-electron chi connectivity index (χ1n) is 6.58. The summed E-state index contributed by atoms with van der Waals surface area (Å²) < 4.78 is 20.8. The van der Waals surface area contributed by atoms with E-state index in [4.69, 9.17) is 16.3 Å². The van der Waals surface area contributed by atoms with E-state index in [1.165, 1.54) is 0 Å². The van der Waals surface area contributed by atoms with E-state index in [2.05, 4.69) is 21.2 Å². The number of fused-ring (bicyclic) bond motifs is 2. The summed E-state index contributed by atoms with van der Waals surface area (Å²) >= 11 is 9.24. The summed E-state index contributed by atoms with van der Waals surface area (Å²) in [6, 6.07) is 3.57. The standard InChI is InChI=1S/C14H16BrClFNO/c1-18-14(9-6-7-2-5-11(9)19-7)8-3-4-10(15)12(16)13(8)17/h3-4,7,9,11,14,18H,2,5-6H2,1H3. The molecule has 104 valence electrons. The third kappa shape index (κ3) is 2.33. The van der Waals surface area contributed by atoms with Crippen LogP contribution in [0.4, 0.5) is 4.39 Å². The summed E-state index contributed by atoms with van der Waals surface area (Å²) in [4.78, 5) is 0. The van der Waals surface area contributed by atoms with Crippen molar-refractivity contribution in [3.05, 3.63) is 33.0 Å². The van der Waals surface area contributed by atoms with Gasteiger partial charge in [0.2, 0.25) is 0 Å². The molecule has 0 saturated carbocycles. The quantitative estimate of drug-likeness (QED) is 0.832. The van der Waals surface area contributed by atoms with Crippen LogP contribution in [-0.2, 0) is 4.74 Å². The largest absolute Gasteiger partial charge is 0.375 e. The van der Waals surface area contributed by atoms with Gasteiger partial charge in [0.15, 0.2) is 0 Å². The summed E-state index contributed by atoms with van der Waals surface area (Å²) in [5, 5.41) is 3.39. The first-order valence-corrected chi connectivity index (χ1v) is 7.75. The molecule has 2 saturated heterocycles. The first-order chi connectivity index (χ1) is 9.11. The van der Waals surface area contributed by atoms with E-state index >= 15 is 0 Å². The van der Waals surface area contributed by atoms with Crippen LogP contribution >= 0.6 is 27.5 Å². The van der Waals surface area contributed by atoms with Crippen molar-refractivity contribution >= 4 is 27.5 Å². The molecule has 2 nitrogen and oxygen atoms in total. The van der Waals surface area contributed by atoms with Gasteiger partial charge in [-0.2, -0.15) is 0 Å². The molecule has 2 heterocycles. The lowest BCUT2D eigenvalue weighted by molar-refractivity contribution is 0.0860. The lowest BCUT2D eigenvalue weighted by Gasteiger charge is -2.29. The number of hydrogen-bond acceptors (Lipinski definition) is 2. The Balaban J connectivity index is 1.93. The van der Waals surface area contributed by atoms with Gasteiger partial charge < -0.3 is 10.1 Å². The number of nitrogens with one attached hydrogen (secondary N) is 1. The van der Waals surface area contributed by atoms with Crippen LogP contribution < -0.4 is 5.32 Å². The number of halogens is 3. The Bertz CT molecular complexity index is 499. The van der Waals surface area contributed by atoms with E-state index in [1.54, 1.807) is 12.1 Å². The first kappa shape index (κ1) is 13.8. The summed E-state index contributed by atoms with van der Waals surface area (Å²) in [7, 11) is 1.87. The van der Waals surface area contributed by atoms with Gasteiger partial charge in [-0.1, -0.05) is 17.7 Å². The third-order valence-corrected chi connectivity index (χ3v) is 5.55. The van der Waals surface area contributed by atoms with Crippen molar-refractivity contribution in [2.24, 2.45) is 5.92 Å². The van der Waals surface area contributed by atoms with Crippen LogP contribution in [0, 0.1) is 11.7 Å². The Kier molecular flexibility index (Phi) is 3.87. The fourth-order valence-corrected chi connectivity index (χ4v) is 3.89. The van der Waals surface area contributed by atoms with Crippen molar-refractivity contribution in [3.8, 4) is 0 Å². The van der Waals surface area contributed by atoms with Gasteiger partial charge in [-0.15, -0.1) is 0 Å². The molecular weight excluding hydrogens is 333 g/mol. The van der Waals surface area contributed by atoms with Gasteiger partial charge in [-0.05, 0) is 48.3 Å². The van der Waals surface area contributed by atoms with Crippen LogP contribution in [0.15, 0.2) is 16.6 Å². The highest BCUT2D eigenvalue weighted by Gasteiger charge is 2.45. The number of hydrogen-bond donors (Lipinski definition) is 1. The van der Waals surface area contributed by atoms with Crippen molar-refractivity contribution < 1.29 is 9.13 Å². The Morgan fingerprint density at radius 3 is 2.84 bits per heavy atom. The van der Waals surface area contributed by atoms with E-state index in [9.17, 15) is 4.39 Å². The van der Waals surface area contributed by atoms with Crippen molar-refractivity contribution in [2.75, 3.05) is 7.05 Å². The molecule has 0 spiro atoms. The molecule has 0 radical (unpaired) electrons. The molecule has 19 heavy (non-hydrogen) atoms. The minimum atomic E-state index is -0.335. The minimum Gasteiger partial charge on any atom is -0.375 e. The fraction of sp³-hybridized carbons (Fsp3) is 0.571. The van der Waals surface area contributed by atoms with Crippen LogP contribution in [0.1, 0.15) is 30.9 Å². The monoisotopic (exact) mass is 347 g/mol. The predicted octanol–water partition coefficient (Wildman–Crippen LogP) is 4.07. The molecule has 2 fully saturated rings. The molecule has 2 bridgehead atoms. The lowest BCUT2D eigenvalue weighted by Crippen LogP contribution is -2.32. The summed E-state index contributed by atoms with van der Waals surface area (Å²) in [6.45, 7) is 0. The van der Waals surface area contributed by atoms with Gasteiger partial charge in [0, 0.05) is 22.0 Å². The van der Waals surface area contributed by atoms with E-state index in [0.717, 1.165) is 19.3 Å². The molecule has 2 aliphatic heterocycles. The zero-order valence-electron chi connectivity index (χ0n) is 10.6. The third-order valence-electron chi connectivity index (χ3n) is 4.29. The molecule has 1 N–H and O–H groups in total. The van der Waals surface area contributed by atoms with Crippen molar-refractivity contribution in [3.63, 3.8) is 0 Å². The van der Waals surface area contributed by atoms with E-state index in [1.807, 2.05) is 7.05 Å². The van der Waals surface area contributed by atoms with Gasteiger partial charge in [0.1, 0.15) is 5.82 Å². The Labute approximate surface area is 125 Å². The Morgan fingerprint density at radius 1 is 1.47 bits per heavy atom. The number of ether oxygens (including phenoxy) is 1. The SMILES string of the molecule is CNC(c1ccc(Br)c(Cl)c1F)C1CC2CCC1O2. The predicted molar refractivity (Wildman–Crippen MR) is 76.9 cm³/mol. The molecule has 1 aromatic rings. The number of rotatable bonds is 3. The maximum atomic E-state index is 14.4. The Morgan fingerprint density at radius 2 is 2.26 bits per heavy atom. The van der Waals surface area contributed by atoms with Crippen molar-refractivity contribution in [2.45, 2.75) is 37.5 Å². The highest BCUT2D eigenvalue weighted by atomic mass is 79.9. The van der Waals surface area contributed by atoms with E-state index in [-0.39, 0.29) is 23.0 Å². The molecular formula is C14H16BrClFNO. The molecule has 0 amide bonds. The molecule has 2 aliphatic rings. The van der Waals surface area contributed by atoms with Gasteiger partial charge in [-0.25, -0.2) is 4.39 Å². The second-order valence-electron chi connectivity index (χ2n) is 5.30. The highest BCUT2D eigenvalue weighted by molar-refractivity contribution is 9.10. The lowest BCUT2D eigenvalue weighted by atomic mass is 9.81. The zero-order valence-corrected chi connectivity index (χ0v) is 13.0. The number of benzene rings is 1. The smallest absolute Gasteiger partial charge is 0.147 e. The highest BCUT2D eigenvalue weighted by Crippen LogP contribution is 2.45. The second-order valence-corrected chi connectivity index (χ2v) is 6.54. The van der Waals surface area contributed by atoms with Crippen LogP contribution in [-0.4, -0.2) is 19.3 Å². The van der Waals surface area contributed by atoms with Gasteiger partial charge >= 0.3 is 0 Å². The molecule has 0 aromatic heterocycles. The van der Waals surface area contributed by atoms with Crippen molar-refractivity contribution in [1.82, 2.24) is 5.32 Å². The average molecular weight is 349 g/mol. The maximum absolute atomic E-state index is 14.4. The van der Waals surface area contributed by atoms with Crippen LogP contribution in [0.3, 0.4) is 0 Å². The Hall–Kier alpha value is -0.160.